The number of para-hydroxylation sites is 1. The summed E-state index contributed by atoms with van der Waals surface area (Å²) in [5.41, 5.74) is 2.26. The van der Waals surface area contributed by atoms with Crippen molar-refractivity contribution in [2.45, 2.75) is 45.1 Å². The number of ether oxygens (including phenoxy) is 5. The van der Waals surface area contributed by atoms with Gasteiger partial charge in [-0.3, -0.25) is 10.1 Å². The van der Waals surface area contributed by atoms with Crippen molar-refractivity contribution in [2.24, 2.45) is 16.8 Å². The van der Waals surface area contributed by atoms with Crippen LogP contribution < -0.4 is 10.1 Å². The number of hydrogen-bond acceptors (Lipinski definition) is 11. The summed E-state index contributed by atoms with van der Waals surface area (Å²) in [6.45, 7) is 1.31. The summed E-state index contributed by atoms with van der Waals surface area (Å²) in [6.07, 6.45) is -0.841. The van der Waals surface area contributed by atoms with E-state index in [9.17, 15) is 28.8 Å². The summed E-state index contributed by atoms with van der Waals surface area (Å²) >= 11 is 0. The molecule has 0 saturated carbocycles. The van der Waals surface area contributed by atoms with Crippen molar-refractivity contribution in [1.82, 2.24) is 24.9 Å². The lowest BCUT2D eigenvalue weighted by Crippen LogP contribution is -2.70. The van der Waals surface area contributed by atoms with Gasteiger partial charge in [-0.25, -0.2) is 28.9 Å². The molecule has 3 saturated heterocycles. The SMILES string of the molecule is O=C(/N=C(\NC(=O)OCc1ccccc1)N1CCCC(C[C@H]2C(=O)N(C(=O)N3CCN(C(=O)OCCOc4ccccc4)CC3)C2C(=O)OCc2ccccc2)C1)OCc1ccccc1. The fraction of sp³-hybridized carbons (Fsp3) is 0.354. The fourth-order valence-corrected chi connectivity index (χ4v) is 7.88. The predicted octanol–water partition coefficient (Wildman–Crippen LogP) is 6.23. The monoisotopic (exact) mass is 888 g/mol. The molecule has 6 amide bonds. The number of esters is 1. The Hall–Kier alpha value is -7.43. The van der Waals surface area contributed by atoms with Gasteiger partial charge >= 0.3 is 30.3 Å². The van der Waals surface area contributed by atoms with Crippen molar-refractivity contribution >= 4 is 42.1 Å². The van der Waals surface area contributed by atoms with E-state index in [1.807, 2.05) is 84.9 Å². The molecule has 3 aliphatic heterocycles. The first-order valence-electron chi connectivity index (χ1n) is 21.7. The Morgan fingerprint density at radius 1 is 0.615 bits per heavy atom. The highest BCUT2D eigenvalue weighted by molar-refractivity contribution is 6.08. The molecule has 4 aromatic rings. The summed E-state index contributed by atoms with van der Waals surface area (Å²) in [6, 6.07) is 34.6. The minimum Gasteiger partial charge on any atom is -0.490 e. The van der Waals surface area contributed by atoms with Crippen LogP contribution in [0.1, 0.15) is 36.0 Å². The third kappa shape index (κ3) is 12.8. The number of likely N-dealkylation sites (tertiary alicyclic amines) is 2. The van der Waals surface area contributed by atoms with Crippen LogP contribution in [-0.4, -0.2) is 120 Å². The molecule has 1 N–H and O–H groups in total. The molecule has 3 heterocycles. The molecular formula is C48H52N6O11. The van der Waals surface area contributed by atoms with Gasteiger partial charge in [0.1, 0.15) is 38.8 Å². The number of guanidine groups is 1. The zero-order valence-corrected chi connectivity index (χ0v) is 35.9. The number of amides is 6. The zero-order chi connectivity index (χ0) is 45.4. The molecule has 3 fully saturated rings. The summed E-state index contributed by atoms with van der Waals surface area (Å²) in [7, 11) is 0. The summed E-state index contributed by atoms with van der Waals surface area (Å²) in [5.74, 6) is -1.77. The van der Waals surface area contributed by atoms with Gasteiger partial charge in [0.2, 0.25) is 11.9 Å². The van der Waals surface area contributed by atoms with Crippen molar-refractivity contribution < 1.29 is 52.5 Å². The van der Waals surface area contributed by atoms with E-state index in [2.05, 4.69) is 10.3 Å². The van der Waals surface area contributed by atoms with Crippen LogP contribution in [0.15, 0.2) is 126 Å². The maximum Gasteiger partial charge on any atom is 0.437 e. The van der Waals surface area contributed by atoms with Crippen molar-refractivity contribution in [3.63, 3.8) is 0 Å². The molecule has 3 aliphatic rings. The smallest absolute Gasteiger partial charge is 0.437 e. The minimum absolute atomic E-state index is 0.0184. The maximum absolute atomic E-state index is 14.0. The molecule has 4 aromatic carbocycles. The standard InChI is InChI=1S/C48H52N6O11/c55-42-40(30-38-20-13-23-53(31-38)44(49-45(57)64-33-36-16-7-2-8-17-36)50-46(58)65-34-37-18-9-3-10-19-37)41(43(56)63-32-35-14-5-1-6-15-35)54(42)47(59)51-24-26-52(27-25-51)48(60)62-29-28-61-39-21-11-4-12-22-39/h1-12,14-19,21-22,38,40-41H,13,20,23-34H2,(H,49,50,57,58)/t38?,40-,41?/m1/s1. The number of alkyl carbamates (subject to hydrolysis) is 1. The normalized spacial score (nSPS) is 18.5. The summed E-state index contributed by atoms with van der Waals surface area (Å²) in [4.78, 5) is 90.6. The Morgan fingerprint density at radius 3 is 1.78 bits per heavy atom. The van der Waals surface area contributed by atoms with Gasteiger partial charge in [0.15, 0.2) is 6.04 Å². The van der Waals surface area contributed by atoms with E-state index in [0.29, 0.717) is 25.1 Å². The third-order valence-electron chi connectivity index (χ3n) is 11.2. The second kappa shape index (κ2) is 22.8. The number of piperazine rings is 1. The van der Waals surface area contributed by atoms with Gasteiger partial charge in [-0.05, 0) is 54.0 Å². The molecule has 340 valence electrons. The van der Waals surface area contributed by atoms with Crippen LogP contribution in [0, 0.1) is 11.8 Å². The highest BCUT2D eigenvalue weighted by atomic mass is 16.6. The molecule has 0 radical (unpaired) electrons. The molecule has 7 rings (SSSR count). The molecule has 17 heteroatoms. The van der Waals surface area contributed by atoms with Crippen LogP contribution in [0.2, 0.25) is 0 Å². The molecule has 0 aliphatic carbocycles. The zero-order valence-electron chi connectivity index (χ0n) is 35.9. The Morgan fingerprint density at radius 2 is 1.17 bits per heavy atom. The van der Waals surface area contributed by atoms with E-state index < -0.39 is 48.1 Å². The van der Waals surface area contributed by atoms with E-state index in [4.69, 9.17) is 23.7 Å². The van der Waals surface area contributed by atoms with Gasteiger partial charge in [0, 0.05) is 39.3 Å². The molecule has 0 bridgehead atoms. The Balaban J connectivity index is 0.989. The first-order chi connectivity index (χ1) is 31.7. The van der Waals surface area contributed by atoms with Gasteiger partial charge in [-0.2, -0.15) is 0 Å². The Kier molecular flexibility index (Phi) is 16.0. The Bertz CT molecular complexity index is 2260. The van der Waals surface area contributed by atoms with Gasteiger partial charge < -0.3 is 38.4 Å². The topological polar surface area (TPSA) is 186 Å². The number of carbonyl (C=O) groups is 6. The van der Waals surface area contributed by atoms with Gasteiger partial charge in [0.05, 0.1) is 5.92 Å². The highest BCUT2D eigenvalue weighted by Crippen LogP contribution is 2.37. The van der Waals surface area contributed by atoms with Crippen molar-refractivity contribution in [3.8, 4) is 5.75 Å². The van der Waals surface area contributed by atoms with Crippen molar-refractivity contribution in [3.05, 3.63) is 138 Å². The number of aliphatic imine (C=N–C) groups is 1. The number of rotatable bonds is 13. The number of β-lactam (4-membered cyclic amide) rings is 1. The van der Waals surface area contributed by atoms with E-state index in [1.165, 1.54) is 9.80 Å². The number of hydrogen-bond donors (Lipinski definition) is 1. The van der Waals surface area contributed by atoms with Gasteiger partial charge in [-0.1, -0.05) is 109 Å². The number of imide groups is 1. The number of urea groups is 1. The molecule has 3 atom stereocenters. The molecule has 0 aromatic heterocycles. The fourth-order valence-electron chi connectivity index (χ4n) is 7.88. The lowest BCUT2D eigenvalue weighted by Gasteiger charge is -2.48. The largest absolute Gasteiger partial charge is 0.490 e. The number of nitrogens with one attached hydrogen (secondary N) is 1. The number of carbonyl (C=O) groups excluding carboxylic acids is 6. The van der Waals surface area contributed by atoms with Gasteiger partial charge in [-0.15, -0.1) is 4.99 Å². The molecular weight excluding hydrogens is 837 g/mol. The quantitative estimate of drug-likeness (QED) is 0.0399. The molecule has 65 heavy (non-hydrogen) atoms. The van der Waals surface area contributed by atoms with Crippen molar-refractivity contribution in [1.29, 1.82) is 0 Å². The number of piperidine rings is 1. The highest BCUT2D eigenvalue weighted by Gasteiger charge is 2.57. The molecule has 17 nitrogen and oxygen atoms in total. The van der Waals surface area contributed by atoms with E-state index in [1.54, 1.807) is 41.3 Å². The molecule has 0 spiro atoms. The Labute approximate surface area is 376 Å². The third-order valence-corrected chi connectivity index (χ3v) is 11.2. The second-order valence-corrected chi connectivity index (χ2v) is 15.7. The van der Waals surface area contributed by atoms with E-state index in [-0.39, 0.29) is 84.1 Å². The first kappa shape index (κ1) is 45.6. The number of benzene rings is 4. The molecule has 2 unspecified atom stereocenters. The lowest BCUT2D eigenvalue weighted by atomic mass is 9.78. The van der Waals surface area contributed by atoms with Crippen LogP contribution in [-0.2, 0) is 48.4 Å². The van der Waals surface area contributed by atoms with Crippen LogP contribution >= 0.6 is 0 Å². The average Bonchev–Trinajstić information content (AvgIpc) is 3.35. The van der Waals surface area contributed by atoms with E-state index in [0.717, 1.165) is 21.6 Å². The minimum atomic E-state index is -1.20. The van der Waals surface area contributed by atoms with Crippen LogP contribution in [0.4, 0.5) is 19.2 Å². The lowest BCUT2D eigenvalue weighted by molar-refractivity contribution is -0.172. The van der Waals surface area contributed by atoms with E-state index >= 15 is 0 Å². The first-order valence-corrected chi connectivity index (χ1v) is 21.7. The second-order valence-electron chi connectivity index (χ2n) is 15.7. The summed E-state index contributed by atoms with van der Waals surface area (Å²) in [5, 5.41) is 2.62. The van der Waals surface area contributed by atoms with Crippen molar-refractivity contribution in [2.75, 3.05) is 52.5 Å². The maximum atomic E-state index is 14.0. The summed E-state index contributed by atoms with van der Waals surface area (Å²) < 4.78 is 27.6. The van der Waals surface area contributed by atoms with Crippen LogP contribution in [0.5, 0.6) is 5.75 Å². The average molecular weight is 889 g/mol. The van der Waals surface area contributed by atoms with Crippen LogP contribution in [0.3, 0.4) is 0 Å². The van der Waals surface area contributed by atoms with Gasteiger partial charge in [0.25, 0.3) is 0 Å². The predicted molar refractivity (Wildman–Crippen MR) is 235 cm³/mol. The van der Waals surface area contributed by atoms with Crippen LogP contribution in [0.25, 0.3) is 0 Å². The number of nitrogens with zero attached hydrogens (tertiary/aromatic N) is 5.